The van der Waals surface area contributed by atoms with Crippen LogP contribution in [-0.4, -0.2) is 19.9 Å². The Hall–Kier alpha value is -1.42. The molecule has 18 heavy (non-hydrogen) atoms. The van der Waals surface area contributed by atoms with Crippen molar-refractivity contribution in [3.8, 4) is 17.2 Å². The Bertz CT molecular complexity index is 441. The van der Waals surface area contributed by atoms with Crippen LogP contribution in [0.15, 0.2) is 12.1 Å². The monoisotopic (exact) mass is 249 g/mol. The van der Waals surface area contributed by atoms with E-state index in [4.69, 9.17) is 14.2 Å². The molecule has 0 amide bonds. The van der Waals surface area contributed by atoms with Crippen molar-refractivity contribution in [1.82, 2.24) is 5.32 Å². The van der Waals surface area contributed by atoms with Gasteiger partial charge in [0.2, 0.25) is 12.5 Å². The molecule has 0 unspecified atom stereocenters. The molecule has 1 aromatic rings. The Balaban J connectivity index is 1.68. The number of fused-ring (bicyclic) bond motifs is 1. The molecule has 1 heterocycles. The number of rotatable bonds is 4. The molecular formula is C14H19NO3. The summed E-state index contributed by atoms with van der Waals surface area (Å²) in [6.07, 6.45) is 2.56. The number of nitrogens with one attached hydrogen (secondary N) is 1. The van der Waals surface area contributed by atoms with Crippen LogP contribution in [0.4, 0.5) is 0 Å². The van der Waals surface area contributed by atoms with Crippen molar-refractivity contribution in [3.05, 3.63) is 17.7 Å². The summed E-state index contributed by atoms with van der Waals surface area (Å²) >= 11 is 0. The van der Waals surface area contributed by atoms with Crippen LogP contribution in [0.2, 0.25) is 0 Å². The van der Waals surface area contributed by atoms with Gasteiger partial charge in [-0.1, -0.05) is 6.92 Å². The smallest absolute Gasteiger partial charge is 0.231 e. The molecule has 4 heteroatoms. The Morgan fingerprint density at radius 2 is 2.17 bits per heavy atom. The fourth-order valence-corrected chi connectivity index (χ4v) is 2.62. The Morgan fingerprint density at radius 1 is 1.33 bits per heavy atom. The van der Waals surface area contributed by atoms with E-state index in [1.54, 1.807) is 7.11 Å². The van der Waals surface area contributed by atoms with Crippen molar-refractivity contribution in [1.29, 1.82) is 0 Å². The predicted octanol–water partition coefficient (Wildman–Crippen LogP) is 2.31. The zero-order chi connectivity index (χ0) is 12.5. The lowest BCUT2D eigenvalue weighted by molar-refractivity contribution is 0.171. The van der Waals surface area contributed by atoms with Crippen LogP contribution >= 0.6 is 0 Å². The zero-order valence-corrected chi connectivity index (χ0v) is 10.9. The SMILES string of the molecule is COc1cc(CNC2CC(C)C2)cc2c1OCO2. The van der Waals surface area contributed by atoms with E-state index >= 15 is 0 Å². The number of methoxy groups -OCH3 is 1. The van der Waals surface area contributed by atoms with Crippen LogP contribution in [0.25, 0.3) is 0 Å². The van der Waals surface area contributed by atoms with Gasteiger partial charge in [0.1, 0.15) is 0 Å². The first-order valence-corrected chi connectivity index (χ1v) is 6.46. The highest BCUT2D eigenvalue weighted by Crippen LogP contribution is 2.41. The third-order valence-electron chi connectivity index (χ3n) is 3.69. The highest BCUT2D eigenvalue weighted by Gasteiger charge is 2.25. The molecule has 0 radical (unpaired) electrons. The van der Waals surface area contributed by atoms with Crippen molar-refractivity contribution in [2.45, 2.75) is 32.4 Å². The lowest BCUT2D eigenvalue weighted by Crippen LogP contribution is -2.39. The summed E-state index contributed by atoms with van der Waals surface area (Å²) in [7, 11) is 1.65. The molecule has 0 aromatic heterocycles. The van der Waals surface area contributed by atoms with Gasteiger partial charge in [-0.05, 0) is 36.5 Å². The maximum absolute atomic E-state index is 5.42. The molecule has 1 aliphatic heterocycles. The van der Waals surface area contributed by atoms with Crippen molar-refractivity contribution in [2.24, 2.45) is 5.92 Å². The summed E-state index contributed by atoms with van der Waals surface area (Å²) < 4.78 is 16.1. The van der Waals surface area contributed by atoms with Crippen molar-refractivity contribution >= 4 is 0 Å². The average Bonchev–Trinajstić information content (AvgIpc) is 2.80. The van der Waals surface area contributed by atoms with E-state index in [2.05, 4.69) is 12.2 Å². The fraction of sp³-hybridized carbons (Fsp3) is 0.571. The van der Waals surface area contributed by atoms with E-state index in [9.17, 15) is 0 Å². The molecule has 98 valence electrons. The molecule has 0 saturated heterocycles. The summed E-state index contributed by atoms with van der Waals surface area (Å²) in [5.41, 5.74) is 1.18. The van der Waals surface area contributed by atoms with Gasteiger partial charge in [-0.25, -0.2) is 0 Å². The highest BCUT2D eigenvalue weighted by molar-refractivity contribution is 5.55. The van der Waals surface area contributed by atoms with Crippen LogP contribution in [0.3, 0.4) is 0 Å². The number of ether oxygens (including phenoxy) is 3. The molecule has 0 spiro atoms. The fourth-order valence-electron chi connectivity index (χ4n) is 2.62. The summed E-state index contributed by atoms with van der Waals surface area (Å²) in [4.78, 5) is 0. The zero-order valence-electron chi connectivity index (χ0n) is 10.9. The lowest BCUT2D eigenvalue weighted by atomic mass is 9.82. The third kappa shape index (κ3) is 2.12. The van der Waals surface area contributed by atoms with E-state index in [0.717, 1.165) is 29.7 Å². The molecular weight excluding hydrogens is 230 g/mol. The lowest BCUT2D eigenvalue weighted by Gasteiger charge is -2.33. The largest absolute Gasteiger partial charge is 0.493 e. The molecule has 0 atom stereocenters. The Morgan fingerprint density at radius 3 is 2.89 bits per heavy atom. The van der Waals surface area contributed by atoms with Crippen molar-refractivity contribution < 1.29 is 14.2 Å². The first-order chi connectivity index (χ1) is 8.76. The van der Waals surface area contributed by atoms with Gasteiger partial charge in [-0.15, -0.1) is 0 Å². The van der Waals surface area contributed by atoms with Gasteiger partial charge in [0.25, 0.3) is 0 Å². The predicted molar refractivity (Wildman–Crippen MR) is 68.1 cm³/mol. The van der Waals surface area contributed by atoms with Gasteiger partial charge >= 0.3 is 0 Å². The molecule has 2 aliphatic rings. The number of hydrogen-bond donors (Lipinski definition) is 1. The van der Waals surface area contributed by atoms with Gasteiger partial charge in [0, 0.05) is 12.6 Å². The normalized spacial score (nSPS) is 24.8. The van der Waals surface area contributed by atoms with E-state index in [1.165, 1.54) is 18.4 Å². The van der Waals surface area contributed by atoms with Crippen LogP contribution in [-0.2, 0) is 6.54 Å². The maximum atomic E-state index is 5.42. The van der Waals surface area contributed by atoms with Crippen LogP contribution in [0.1, 0.15) is 25.3 Å². The third-order valence-corrected chi connectivity index (χ3v) is 3.69. The minimum absolute atomic E-state index is 0.280. The summed E-state index contributed by atoms with van der Waals surface area (Å²) in [6.45, 7) is 3.43. The van der Waals surface area contributed by atoms with Gasteiger partial charge < -0.3 is 19.5 Å². The Labute approximate surface area is 107 Å². The second kappa shape index (κ2) is 4.69. The summed E-state index contributed by atoms with van der Waals surface area (Å²) in [5.74, 6) is 3.13. The van der Waals surface area contributed by atoms with Crippen LogP contribution < -0.4 is 19.5 Å². The van der Waals surface area contributed by atoms with E-state index in [1.807, 2.05) is 12.1 Å². The highest BCUT2D eigenvalue weighted by atomic mass is 16.7. The topological polar surface area (TPSA) is 39.7 Å². The second-order valence-corrected chi connectivity index (χ2v) is 5.19. The molecule has 4 nitrogen and oxygen atoms in total. The molecule has 1 N–H and O–H groups in total. The van der Waals surface area contributed by atoms with Gasteiger partial charge in [0.15, 0.2) is 11.5 Å². The van der Waals surface area contributed by atoms with Crippen molar-refractivity contribution in [3.63, 3.8) is 0 Å². The van der Waals surface area contributed by atoms with E-state index in [-0.39, 0.29) is 6.79 Å². The van der Waals surface area contributed by atoms with E-state index in [0.29, 0.717) is 6.04 Å². The first kappa shape index (κ1) is 11.7. The standard InChI is InChI=1S/C14H19NO3/c1-9-3-11(4-9)15-7-10-5-12(16-2)14-13(6-10)17-8-18-14/h5-6,9,11,15H,3-4,7-8H2,1-2H3. The molecule has 1 fully saturated rings. The van der Waals surface area contributed by atoms with Gasteiger partial charge in [-0.2, -0.15) is 0 Å². The van der Waals surface area contributed by atoms with Crippen LogP contribution in [0, 0.1) is 5.92 Å². The van der Waals surface area contributed by atoms with Gasteiger partial charge in [-0.3, -0.25) is 0 Å². The van der Waals surface area contributed by atoms with Gasteiger partial charge in [0.05, 0.1) is 7.11 Å². The molecule has 1 aromatic carbocycles. The second-order valence-electron chi connectivity index (χ2n) is 5.19. The number of hydrogen-bond acceptors (Lipinski definition) is 4. The van der Waals surface area contributed by atoms with E-state index < -0.39 is 0 Å². The average molecular weight is 249 g/mol. The van der Waals surface area contributed by atoms with Crippen molar-refractivity contribution in [2.75, 3.05) is 13.9 Å². The minimum Gasteiger partial charge on any atom is -0.493 e. The van der Waals surface area contributed by atoms with Crippen LogP contribution in [0.5, 0.6) is 17.2 Å². The quantitative estimate of drug-likeness (QED) is 0.889. The first-order valence-electron chi connectivity index (χ1n) is 6.46. The minimum atomic E-state index is 0.280. The number of benzene rings is 1. The molecule has 1 aliphatic carbocycles. The summed E-state index contributed by atoms with van der Waals surface area (Å²) in [6, 6.07) is 4.71. The maximum Gasteiger partial charge on any atom is 0.231 e. The molecule has 0 bridgehead atoms. The summed E-state index contributed by atoms with van der Waals surface area (Å²) in [5, 5.41) is 3.56. The Kier molecular flexibility index (Phi) is 3.04. The molecule has 3 rings (SSSR count). The molecule has 1 saturated carbocycles.